The minimum atomic E-state index is -0.782. The average molecular weight is 411 g/mol. The van der Waals surface area contributed by atoms with Gasteiger partial charge in [0.25, 0.3) is 5.91 Å². The van der Waals surface area contributed by atoms with E-state index in [1.807, 2.05) is 50.2 Å². The van der Waals surface area contributed by atoms with Crippen molar-refractivity contribution in [2.24, 2.45) is 5.92 Å². The quantitative estimate of drug-likeness (QED) is 0.571. The number of carbonyl (C=O) groups excluding carboxylic acids is 3. The molecule has 0 unspecified atom stereocenters. The molecular formula is C23H25NO6. The van der Waals surface area contributed by atoms with Gasteiger partial charge in [-0.3, -0.25) is 9.59 Å². The second-order valence-electron chi connectivity index (χ2n) is 7.21. The van der Waals surface area contributed by atoms with Crippen LogP contribution < -0.4 is 5.32 Å². The van der Waals surface area contributed by atoms with Crippen LogP contribution in [0.1, 0.15) is 25.8 Å². The number of rotatable bonds is 8. The van der Waals surface area contributed by atoms with Gasteiger partial charge < -0.3 is 19.2 Å². The Hall–Kier alpha value is -3.35. The number of fused-ring (bicyclic) bond motifs is 3. The van der Waals surface area contributed by atoms with Crippen molar-refractivity contribution in [3.05, 3.63) is 48.2 Å². The van der Waals surface area contributed by atoms with Gasteiger partial charge in [0.05, 0.1) is 19.8 Å². The van der Waals surface area contributed by atoms with Gasteiger partial charge in [-0.05, 0) is 22.8 Å². The molecule has 0 spiro atoms. The van der Waals surface area contributed by atoms with Crippen molar-refractivity contribution in [3.8, 4) is 0 Å². The molecular weight excluding hydrogens is 386 g/mol. The Morgan fingerprint density at radius 1 is 1.13 bits per heavy atom. The Bertz CT molecular complexity index is 1070. The number of hydrogen-bond acceptors (Lipinski definition) is 6. The lowest BCUT2D eigenvalue weighted by Gasteiger charge is -2.21. The Morgan fingerprint density at radius 3 is 2.63 bits per heavy atom. The van der Waals surface area contributed by atoms with Crippen LogP contribution in [-0.4, -0.2) is 37.6 Å². The summed E-state index contributed by atoms with van der Waals surface area (Å²) in [6, 6.07) is 10.9. The molecule has 3 aromatic rings. The Kier molecular flexibility index (Phi) is 6.72. The maximum atomic E-state index is 12.3. The zero-order chi connectivity index (χ0) is 21.7. The smallest absolute Gasteiger partial charge is 0.328 e. The molecule has 158 valence electrons. The molecule has 0 bridgehead atoms. The summed E-state index contributed by atoms with van der Waals surface area (Å²) in [6.45, 7) is 3.27. The maximum absolute atomic E-state index is 12.3. The number of methoxy groups -OCH3 is 1. The lowest BCUT2D eigenvalue weighted by Crippen LogP contribution is -2.47. The number of hydrogen-bond donors (Lipinski definition) is 1. The monoisotopic (exact) mass is 411 g/mol. The average Bonchev–Trinajstić information content (AvgIpc) is 3.18. The molecule has 0 aliphatic rings. The predicted octanol–water partition coefficient (Wildman–Crippen LogP) is 3.38. The van der Waals surface area contributed by atoms with E-state index < -0.39 is 30.5 Å². The largest absolute Gasteiger partial charge is 0.467 e. The summed E-state index contributed by atoms with van der Waals surface area (Å²) in [4.78, 5) is 36.4. The fourth-order valence-corrected chi connectivity index (χ4v) is 3.37. The van der Waals surface area contributed by atoms with E-state index in [1.54, 1.807) is 0 Å². The maximum Gasteiger partial charge on any atom is 0.328 e. The van der Waals surface area contributed by atoms with E-state index in [4.69, 9.17) is 13.9 Å². The van der Waals surface area contributed by atoms with E-state index >= 15 is 0 Å². The highest BCUT2D eigenvalue weighted by Gasteiger charge is 2.27. The highest BCUT2D eigenvalue weighted by atomic mass is 16.5. The van der Waals surface area contributed by atoms with Crippen LogP contribution in [0.25, 0.3) is 21.7 Å². The molecule has 0 aliphatic carbocycles. The van der Waals surface area contributed by atoms with E-state index in [-0.39, 0.29) is 12.3 Å². The van der Waals surface area contributed by atoms with Crippen LogP contribution >= 0.6 is 0 Å². The third-order valence-corrected chi connectivity index (χ3v) is 5.22. The summed E-state index contributed by atoms with van der Waals surface area (Å²) in [6.07, 6.45) is 2.19. The SMILES string of the molecule is CC[C@H](C)[C@@H](NC(=O)COC(=O)Cc1coc2ccc3ccccc3c12)C(=O)OC. The van der Waals surface area contributed by atoms with Gasteiger partial charge in [-0.2, -0.15) is 0 Å². The molecule has 1 aromatic heterocycles. The molecule has 0 saturated heterocycles. The summed E-state index contributed by atoms with van der Waals surface area (Å²) < 4.78 is 15.4. The van der Waals surface area contributed by atoms with Gasteiger partial charge in [0.2, 0.25) is 0 Å². The van der Waals surface area contributed by atoms with E-state index in [2.05, 4.69) is 5.32 Å². The zero-order valence-corrected chi connectivity index (χ0v) is 17.3. The van der Waals surface area contributed by atoms with Crippen LogP contribution in [0.5, 0.6) is 0 Å². The van der Waals surface area contributed by atoms with Crippen molar-refractivity contribution in [1.29, 1.82) is 0 Å². The highest BCUT2D eigenvalue weighted by molar-refractivity contribution is 6.08. The lowest BCUT2D eigenvalue weighted by atomic mass is 9.99. The van der Waals surface area contributed by atoms with Crippen molar-refractivity contribution < 1.29 is 28.3 Å². The van der Waals surface area contributed by atoms with Crippen molar-refractivity contribution in [1.82, 2.24) is 5.32 Å². The Balaban J connectivity index is 1.64. The van der Waals surface area contributed by atoms with Crippen molar-refractivity contribution in [3.63, 3.8) is 0 Å². The number of furan rings is 1. The molecule has 0 radical (unpaired) electrons. The molecule has 1 N–H and O–H groups in total. The molecule has 0 fully saturated rings. The number of esters is 2. The topological polar surface area (TPSA) is 94.8 Å². The molecule has 0 aliphatic heterocycles. The lowest BCUT2D eigenvalue weighted by molar-refractivity contribution is -0.150. The van der Waals surface area contributed by atoms with Crippen LogP contribution in [0.2, 0.25) is 0 Å². The first-order valence-corrected chi connectivity index (χ1v) is 9.85. The summed E-state index contributed by atoms with van der Waals surface area (Å²) >= 11 is 0. The number of ether oxygens (including phenoxy) is 2. The number of nitrogens with one attached hydrogen (secondary N) is 1. The van der Waals surface area contributed by atoms with Gasteiger partial charge >= 0.3 is 11.9 Å². The zero-order valence-electron chi connectivity index (χ0n) is 17.3. The standard InChI is InChI=1S/C23H25NO6/c1-4-14(2)22(23(27)28-3)24-19(25)13-30-20(26)11-16-12-29-18-10-9-15-7-5-6-8-17(15)21(16)18/h5-10,12,14,22H,4,11,13H2,1-3H3,(H,24,25)/t14-,22+/m0/s1. The van der Waals surface area contributed by atoms with E-state index in [0.717, 1.165) is 16.2 Å². The molecule has 7 heteroatoms. The van der Waals surface area contributed by atoms with Crippen molar-refractivity contribution in [2.45, 2.75) is 32.7 Å². The van der Waals surface area contributed by atoms with Gasteiger partial charge in [-0.25, -0.2) is 4.79 Å². The normalized spacial score (nSPS) is 13.0. The van der Waals surface area contributed by atoms with Gasteiger partial charge in [-0.15, -0.1) is 0 Å². The number of benzene rings is 2. The van der Waals surface area contributed by atoms with Gasteiger partial charge in [0.15, 0.2) is 6.61 Å². The Morgan fingerprint density at radius 2 is 1.90 bits per heavy atom. The molecule has 1 amide bonds. The third-order valence-electron chi connectivity index (χ3n) is 5.22. The second-order valence-corrected chi connectivity index (χ2v) is 7.21. The molecule has 1 heterocycles. The first kappa shape index (κ1) is 21.4. The van der Waals surface area contributed by atoms with Gasteiger partial charge in [0.1, 0.15) is 11.6 Å². The van der Waals surface area contributed by atoms with Crippen LogP contribution in [0.4, 0.5) is 0 Å². The molecule has 2 atom stereocenters. The third kappa shape index (κ3) is 4.62. The van der Waals surface area contributed by atoms with Crippen molar-refractivity contribution in [2.75, 3.05) is 13.7 Å². The first-order chi connectivity index (χ1) is 14.4. The molecule has 2 aromatic carbocycles. The summed E-state index contributed by atoms with van der Waals surface area (Å²) in [7, 11) is 1.27. The first-order valence-electron chi connectivity index (χ1n) is 9.85. The van der Waals surface area contributed by atoms with E-state index in [1.165, 1.54) is 13.4 Å². The van der Waals surface area contributed by atoms with Crippen LogP contribution in [-0.2, 0) is 30.3 Å². The van der Waals surface area contributed by atoms with Crippen LogP contribution in [0, 0.1) is 5.92 Å². The van der Waals surface area contributed by atoms with E-state index in [0.29, 0.717) is 17.6 Å². The number of amides is 1. The van der Waals surface area contributed by atoms with Crippen LogP contribution in [0.15, 0.2) is 47.1 Å². The van der Waals surface area contributed by atoms with Crippen LogP contribution in [0.3, 0.4) is 0 Å². The summed E-state index contributed by atoms with van der Waals surface area (Å²) in [5.74, 6) is -1.75. The highest BCUT2D eigenvalue weighted by Crippen LogP contribution is 2.30. The molecule has 0 saturated carbocycles. The molecule has 30 heavy (non-hydrogen) atoms. The molecule has 7 nitrogen and oxygen atoms in total. The van der Waals surface area contributed by atoms with Crippen molar-refractivity contribution >= 4 is 39.6 Å². The summed E-state index contributed by atoms with van der Waals surface area (Å²) in [5, 5.41) is 5.46. The summed E-state index contributed by atoms with van der Waals surface area (Å²) in [5.41, 5.74) is 1.38. The fourth-order valence-electron chi connectivity index (χ4n) is 3.37. The second kappa shape index (κ2) is 9.43. The minimum absolute atomic E-state index is 0.0277. The molecule has 3 rings (SSSR count). The fraction of sp³-hybridized carbons (Fsp3) is 0.348. The predicted molar refractivity (Wildman–Crippen MR) is 112 cm³/mol. The minimum Gasteiger partial charge on any atom is -0.467 e. The Labute approximate surface area is 174 Å². The van der Waals surface area contributed by atoms with E-state index in [9.17, 15) is 14.4 Å². The van der Waals surface area contributed by atoms with Gasteiger partial charge in [-0.1, -0.05) is 50.6 Å². The number of carbonyl (C=O) groups is 3. The van der Waals surface area contributed by atoms with Gasteiger partial charge in [0, 0.05) is 10.9 Å².